The molecule has 0 spiro atoms. The Morgan fingerprint density at radius 1 is 1.16 bits per heavy atom. The minimum atomic E-state index is 0.501. The number of hydrogen-bond donors (Lipinski definition) is 1. The molecular weight excluding hydrogens is 310 g/mol. The summed E-state index contributed by atoms with van der Waals surface area (Å²) in [6.45, 7) is 6.95. The topological polar surface area (TPSA) is 37.4 Å². The molecule has 0 aromatic carbocycles. The SMILES string of the molecule is CCC(C)c1cncc(NC2CCN(C3CCC(OC)CC3)CC2)c1. The average molecular weight is 346 g/mol. The molecule has 0 radical (unpaired) electrons. The molecule has 0 amide bonds. The number of pyridine rings is 1. The lowest BCUT2D eigenvalue weighted by Gasteiger charge is -2.40. The summed E-state index contributed by atoms with van der Waals surface area (Å²) in [6.07, 6.45) is 13.2. The molecule has 2 aliphatic rings. The maximum Gasteiger partial charge on any atom is 0.0572 e. The highest BCUT2D eigenvalue weighted by atomic mass is 16.5. The minimum absolute atomic E-state index is 0.501. The summed E-state index contributed by atoms with van der Waals surface area (Å²) < 4.78 is 5.51. The number of likely N-dealkylation sites (tertiary alicyclic amines) is 1. The van der Waals surface area contributed by atoms with E-state index in [1.54, 1.807) is 0 Å². The first-order chi connectivity index (χ1) is 12.2. The van der Waals surface area contributed by atoms with Gasteiger partial charge in [-0.05, 0) is 62.5 Å². The highest BCUT2D eigenvalue weighted by molar-refractivity contribution is 5.44. The summed E-state index contributed by atoms with van der Waals surface area (Å²) in [5.74, 6) is 0.582. The Morgan fingerprint density at radius 2 is 1.88 bits per heavy atom. The van der Waals surface area contributed by atoms with E-state index in [1.807, 2.05) is 19.5 Å². The van der Waals surface area contributed by atoms with Gasteiger partial charge >= 0.3 is 0 Å². The molecule has 1 saturated carbocycles. The van der Waals surface area contributed by atoms with E-state index in [9.17, 15) is 0 Å². The van der Waals surface area contributed by atoms with Crippen LogP contribution in [0.5, 0.6) is 0 Å². The summed E-state index contributed by atoms with van der Waals surface area (Å²) >= 11 is 0. The van der Waals surface area contributed by atoms with Crippen molar-refractivity contribution in [2.45, 2.75) is 82.9 Å². The first-order valence-electron chi connectivity index (χ1n) is 10.2. The zero-order chi connectivity index (χ0) is 17.6. The van der Waals surface area contributed by atoms with Gasteiger partial charge in [0.05, 0.1) is 11.8 Å². The number of hydrogen-bond acceptors (Lipinski definition) is 4. The van der Waals surface area contributed by atoms with Gasteiger partial charge in [-0.15, -0.1) is 0 Å². The zero-order valence-corrected chi connectivity index (χ0v) is 16.2. The van der Waals surface area contributed by atoms with Crippen LogP contribution in [0.25, 0.3) is 0 Å². The van der Waals surface area contributed by atoms with Crippen LogP contribution in [0, 0.1) is 0 Å². The van der Waals surface area contributed by atoms with Crippen molar-refractivity contribution >= 4 is 5.69 Å². The molecule has 4 nitrogen and oxygen atoms in total. The third kappa shape index (κ3) is 4.95. The van der Waals surface area contributed by atoms with Crippen LogP contribution in [-0.4, -0.2) is 48.3 Å². The second-order valence-electron chi connectivity index (χ2n) is 7.94. The van der Waals surface area contributed by atoms with Crippen molar-refractivity contribution in [3.8, 4) is 0 Å². The first-order valence-corrected chi connectivity index (χ1v) is 10.2. The van der Waals surface area contributed by atoms with E-state index in [0.29, 0.717) is 18.1 Å². The Balaban J connectivity index is 1.47. The molecule has 1 N–H and O–H groups in total. The molecule has 1 atom stereocenters. The Labute approximate surface area is 153 Å². The van der Waals surface area contributed by atoms with Gasteiger partial charge in [-0.2, -0.15) is 0 Å². The van der Waals surface area contributed by atoms with Crippen molar-refractivity contribution in [1.29, 1.82) is 0 Å². The van der Waals surface area contributed by atoms with Gasteiger partial charge in [0, 0.05) is 44.7 Å². The Hall–Kier alpha value is -1.13. The van der Waals surface area contributed by atoms with Gasteiger partial charge in [-0.3, -0.25) is 4.98 Å². The lowest BCUT2D eigenvalue weighted by Crippen LogP contribution is -2.46. The second kappa shape index (κ2) is 9.00. The lowest BCUT2D eigenvalue weighted by atomic mass is 9.90. The fourth-order valence-corrected chi connectivity index (χ4v) is 4.33. The van der Waals surface area contributed by atoms with Gasteiger partial charge in [-0.1, -0.05) is 13.8 Å². The summed E-state index contributed by atoms with van der Waals surface area (Å²) in [4.78, 5) is 7.16. The number of rotatable bonds is 6. The molecule has 1 unspecified atom stereocenters. The molecular formula is C21H35N3O. The third-order valence-electron chi connectivity index (χ3n) is 6.33. The summed E-state index contributed by atoms with van der Waals surface area (Å²) in [7, 11) is 1.85. The fourth-order valence-electron chi connectivity index (χ4n) is 4.33. The number of methoxy groups -OCH3 is 1. The molecule has 1 saturated heterocycles. The van der Waals surface area contributed by atoms with Crippen molar-refractivity contribution in [2.75, 3.05) is 25.5 Å². The van der Waals surface area contributed by atoms with E-state index >= 15 is 0 Å². The standard InChI is InChI=1S/C21H35N3O/c1-4-16(2)17-13-19(15-22-14-17)23-18-9-11-24(12-10-18)20-5-7-21(25-3)8-6-20/h13-16,18,20-21,23H,4-12H2,1-3H3. The maximum atomic E-state index is 5.51. The van der Waals surface area contributed by atoms with E-state index in [-0.39, 0.29) is 0 Å². The van der Waals surface area contributed by atoms with Crippen LogP contribution < -0.4 is 5.32 Å². The number of aromatic nitrogens is 1. The van der Waals surface area contributed by atoms with E-state index < -0.39 is 0 Å². The van der Waals surface area contributed by atoms with Crippen molar-refractivity contribution in [3.05, 3.63) is 24.0 Å². The molecule has 1 aliphatic heterocycles. The number of nitrogens with one attached hydrogen (secondary N) is 1. The van der Waals surface area contributed by atoms with Crippen molar-refractivity contribution < 1.29 is 4.74 Å². The van der Waals surface area contributed by atoms with Crippen LogP contribution in [0.2, 0.25) is 0 Å². The molecule has 3 rings (SSSR count). The molecule has 2 heterocycles. The normalized spacial score (nSPS) is 27.2. The van der Waals surface area contributed by atoms with Crippen LogP contribution in [0.1, 0.15) is 70.3 Å². The molecule has 140 valence electrons. The quantitative estimate of drug-likeness (QED) is 0.828. The van der Waals surface area contributed by atoms with Crippen LogP contribution in [0.3, 0.4) is 0 Å². The maximum absolute atomic E-state index is 5.51. The average Bonchev–Trinajstić information content (AvgIpc) is 2.68. The van der Waals surface area contributed by atoms with Gasteiger partial charge in [0.1, 0.15) is 0 Å². The van der Waals surface area contributed by atoms with Crippen LogP contribution in [-0.2, 0) is 4.74 Å². The lowest BCUT2D eigenvalue weighted by molar-refractivity contribution is 0.0329. The van der Waals surface area contributed by atoms with Crippen molar-refractivity contribution in [1.82, 2.24) is 9.88 Å². The molecule has 4 heteroatoms. The second-order valence-corrected chi connectivity index (χ2v) is 7.94. The Morgan fingerprint density at radius 3 is 2.52 bits per heavy atom. The summed E-state index contributed by atoms with van der Waals surface area (Å²) in [6, 6.07) is 3.66. The van der Waals surface area contributed by atoms with Gasteiger partial charge in [0.2, 0.25) is 0 Å². The Kier molecular flexibility index (Phi) is 6.71. The third-order valence-corrected chi connectivity index (χ3v) is 6.33. The summed E-state index contributed by atoms with van der Waals surface area (Å²) in [5, 5.41) is 3.73. The van der Waals surface area contributed by atoms with Crippen LogP contribution in [0.4, 0.5) is 5.69 Å². The van der Waals surface area contributed by atoms with Crippen molar-refractivity contribution in [3.63, 3.8) is 0 Å². The van der Waals surface area contributed by atoms with Gasteiger partial charge < -0.3 is 15.0 Å². The van der Waals surface area contributed by atoms with Crippen LogP contribution in [0.15, 0.2) is 18.5 Å². The fraction of sp³-hybridized carbons (Fsp3) is 0.762. The number of ether oxygens (including phenoxy) is 1. The predicted molar refractivity (Wildman–Crippen MR) is 104 cm³/mol. The molecule has 2 fully saturated rings. The van der Waals surface area contributed by atoms with Gasteiger partial charge in [-0.25, -0.2) is 0 Å². The number of anilines is 1. The van der Waals surface area contributed by atoms with Gasteiger partial charge in [0.15, 0.2) is 0 Å². The highest BCUT2D eigenvalue weighted by Crippen LogP contribution is 2.28. The van der Waals surface area contributed by atoms with Crippen LogP contribution >= 0.6 is 0 Å². The van der Waals surface area contributed by atoms with Gasteiger partial charge in [0.25, 0.3) is 0 Å². The van der Waals surface area contributed by atoms with E-state index in [4.69, 9.17) is 4.74 Å². The molecule has 1 aliphatic carbocycles. The molecule has 1 aromatic heterocycles. The molecule has 25 heavy (non-hydrogen) atoms. The molecule has 1 aromatic rings. The molecule has 0 bridgehead atoms. The predicted octanol–water partition coefficient (Wildman–Crippen LogP) is 4.43. The summed E-state index contributed by atoms with van der Waals surface area (Å²) in [5.41, 5.74) is 2.54. The number of piperidine rings is 1. The number of nitrogens with zero attached hydrogens (tertiary/aromatic N) is 2. The van der Waals surface area contributed by atoms with Crippen molar-refractivity contribution in [2.24, 2.45) is 0 Å². The first kappa shape index (κ1) is 18.7. The van der Waals surface area contributed by atoms with E-state index in [0.717, 1.165) is 12.5 Å². The highest BCUT2D eigenvalue weighted by Gasteiger charge is 2.28. The smallest absolute Gasteiger partial charge is 0.0572 e. The monoisotopic (exact) mass is 345 g/mol. The van der Waals surface area contributed by atoms with E-state index in [1.165, 1.54) is 62.9 Å². The zero-order valence-electron chi connectivity index (χ0n) is 16.2. The minimum Gasteiger partial charge on any atom is -0.381 e. The Bertz CT molecular complexity index is 520. The largest absolute Gasteiger partial charge is 0.381 e. The van der Waals surface area contributed by atoms with E-state index in [2.05, 4.69) is 35.1 Å².